The van der Waals surface area contributed by atoms with Gasteiger partial charge >= 0.3 is 6.18 Å². The minimum absolute atomic E-state index is 0.103. The third-order valence-corrected chi connectivity index (χ3v) is 7.51. The van der Waals surface area contributed by atoms with E-state index >= 15 is 0 Å². The molecule has 8 heteroatoms. The highest BCUT2D eigenvalue weighted by molar-refractivity contribution is 7.91. The maximum atomic E-state index is 13.6. The standard InChI is InChI=1S/C25H27F3N2O2S/c1-16(29-33(31,32)18-10-11-18)21-14-30(15-24(2,3)4)23-13-17(9-12-20(21)23)19-7-5-6-8-22(19)25(26,27)28/h5-9,12-14,18H,10-11,15H2,1-4H3/b29-16+. The highest BCUT2D eigenvalue weighted by Crippen LogP contribution is 2.39. The molecule has 0 bridgehead atoms. The Labute approximate surface area is 192 Å². The lowest BCUT2D eigenvalue weighted by Crippen LogP contribution is -2.14. The van der Waals surface area contributed by atoms with Gasteiger partial charge in [0.05, 0.1) is 16.5 Å². The van der Waals surface area contributed by atoms with Gasteiger partial charge in [-0.1, -0.05) is 51.1 Å². The first-order chi connectivity index (χ1) is 15.3. The Bertz CT molecular complexity index is 1340. The molecule has 1 aliphatic rings. The van der Waals surface area contributed by atoms with Crippen LogP contribution in [0.15, 0.2) is 53.1 Å². The molecule has 4 nitrogen and oxygen atoms in total. The molecular weight excluding hydrogens is 449 g/mol. The Morgan fingerprint density at radius 2 is 1.76 bits per heavy atom. The molecule has 0 N–H and O–H groups in total. The predicted molar refractivity (Wildman–Crippen MR) is 126 cm³/mol. The number of fused-ring (bicyclic) bond motifs is 1. The molecule has 0 amide bonds. The number of hydrogen-bond donors (Lipinski definition) is 0. The fourth-order valence-corrected chi connectivity index (χ4v) is 5.41. The van der Waals surface area contributed by atoms with Crippen LogP contribution in [0.25, 0.3) is 22.0 Å². The van der Waals surface area contributed by atoms with Crippen LogP contribution in [0.3, 0.4) is 0 Å². The van der Waals surface area contributed by atoms with Gasteiger partial charge in [-0.05, 0) is 48.4 Å². The van der Waals surface area contributed by atoms with Crippen LogP contribution in [0.4, 0.5) is 13.2 Å². The molecule has 2 aromatic carbocycles. The van der Waals surface area contributed by atoms with Crippen molar-refractivity contribution in [1.29, 1.82) is 0 Å². The molecule has 1 aromatic heterocycles. The van der Waals surface area contributed by atoms with Crippen LogP contribution in [-0.2, 0) is 22.7 Å². The van der Waals surface area contributed by atoms with E-state index < -0.39 is 27.0 Å². The summed E-state index contributed by atoms with van der Waals surface area (Å²) in [7, 11) is -3.55. The number of nitrogens with zero attached hydrogens (tertiary/aromatic N) is 2. The summed E-state index contributed by atoms with van der Waals surface area (Å²) < 4.78 is 71.7. The van der Waals surface area contributed by atoms with Gasteiger partial charge < -0.3 is 4.57 Å². The van der Waals surface area contributed by atoms with Crippen LogP contribution in [-0.4, -0.2) is 23.9 Å². The van der Waals surface area contributed by atoms with Crippen LogP contribution < -0.4 is 0 Å². The van der Waals surface area contributed by atoms with Gasteiger partial charge in [-0.2, -0.15) is 17.6 Å². The summed E-state index contributed by atoms with van der Waals surface area (Å²) in [6.45, 7) is 8.49. The zero-order chi connectivity index (χ0) is 24.2. The quantitative estimate of drug-likeness (QED) is 0.386. The van der Waals surface area contributed by atoms with Crippen molar-refractivity contribution in [3.63, 3.8) is 0 Å². The van der Waals surface area contributed by atoms with Gasteiger partial charge in [0.25, 0.3) is 10.0 Å². The molecule has 1 saturated carbocycles. The highest BCUT2D eigenvalue weighted by Gasteiger charge is 2.36. The second-order valence-corrected chi connectivity index (χ2v) is 11.8. The summed E-state index contributed by atoms with van der Waals surface area (Å²) in [5.74, 6) is 0. The molecule has 33 heavy (non-hydrogen) atoms. The maximum absolute atomic E-state index is 13.6. The Balaban J connectivity index is 1.90. The summed E-state index contributed by atoms with van der Waals surface area (Å²) in [4.78, 5) is 0. The van der Waals surface area contributed by atoms with E-state index in [1.165, 1.54) is 12.1 Å². The van der Waals surface area contributed by atoms with Crippen molar-refractivity contribution in [2.45, 2.75) is 58.5 Å². The van der Waals surface area contributed by atoms with E-state index in [0.29, 0.717) is 36.2 Å². The van der Waals surface area contributed by atoms with Crippen LogP contribution in [0.1, 0.15) is 51.7 Å². The predicted octanol–water partition coefficient (Wildman–Crippen LogP) is 6.67. The molecule has 1 aliphatic carbocycles. The van der Waals surface area contributed by atoms with Crippen molar-refractivity contribution >= 4 is 26.6 Å². The largest absolute Gasteiger partial charge is 0.417 e. The SMILES string of the molecule is C/C(=N\S(=O)(=O)C1CC1)c1cn(CC(C)(C)C)c2cc(-c3ccccc3C(F)(F)F)ccc12. The lowest BCUT2D eigenvalue weighted by molar-refractivity contribution is -0.137. The number of halogens is 3. The fourth-order valence-electron chi connectivity index (χ4n) is 4.05. The van der Waals surface area contributed by atoms with E-state index in [-0.39, 0.29) is 11.0 Å². The average Bonchev–Trinajstić information content (AvgIpc) is 3.50. The summed E-state index contributed by atoms with van der Waals surface area (Å²) in [5, 5.41) is 0.362. The summed E-state index contributed by atoms with van der Waals surface area (Å²) in [5.41, 5.74) is 1.58. The lowest BCUT2D eigenvalue weighted by Gasteiger charge is -2.20. The van der Waals surface area contributed by atoms with Crippen molar-refractivity contribution < 1.29 is 21.6 Å². The Hall–Kier alpha value is -2.61. The van der Waals surface area contributed by atoms with E-state index in [1.54, 1.807) is 31.2 Å². The second-order valence-electron chi connectivity index (χ2n) is 9.90. The highest BCUT2D eigenvalue weighted by atomic mass is 32.2. The molecule has 0 saturated heterocycles. The van der Waals surface area contributed by atoms with Gasteiger partial charge in [0, 0.05) is 29.2 Å². The van der Waals surface area contributed by atoms with Crippen LogP contribution in [0.5, 0.6) is 0 Å². The van der Waals surface area contributed by atoms with E-state index in [9.17, 15) is 21.6 Å². The van der Waals surface area contributed by atoms with Gasteiger partial charge in [0.1, 0.15) is 0 Å². The van der Waals surface area contributed by atoms with Crippen LogP contribution in [0.2, 0.25) is 0 Å². The van der Waals surface area contributed by atoms with E-state index in [2.05, 4.69) is 25.2 Å². The Morgan fingerprint density at radius 3 is 2.36 bits per heavy atom. The molecule has 176 valence electrons. The number of hydrogen-bond acceptors (Lipinski definition) is 2. The summed E-state index contributed by atoms with van der Waals surface area (Å²) in [6, 6.07) is 10.7. The van der Waals surface area contributed by atoms with Crippen molar-refractivity contribution in [3.8, 4) is 11.1 Å². The number of aromatic nitrogens is 1. The third-order valence-electron chi connectivity index (χ3n) is 5.67. The van der Waals surface area contributed by atoms with Gasteiger partial charge in [0.15, 0.2) is 0 Å². The van der Waals surface area contributed by atoms with Crippen molar-refractivity contribution in [3.05, 3.63) is 59.8 Å². The van der Waals surface area contributed by atoms with Crippen molar-refractivity contribution in [2.75, 3.05) is 0 Å². The molecule has 0 spiro atoms. The minimum Gasteiger partial charge on any atom is -0.346 e. The summed E-state index contributed by atoms with van der Waals surface area (Å²) >= 11 is 0. The molecule has 0 radical (unpaired) electrons. The monoisotopic (exact) mass is 476 g/mol. The first-order valence-electron chi connectivity index (χ1n) is 10.9. The molecule has 1 fully saturated rings. The number of rotatable bonds is 5. The normalized spacial score (nSPS) is 15.9. The fraction of sp³-hybridized carbons (Fsp3) is 0.400. The van der Waals surface area contributed by atoms with E-state index in [0.717, 1.165) is 17.0 Å². The zero-order valence-electron chi connectivity index (χ0n) is 19.1. The molecule has 1 heterocycles. The number of sulfonamides is 1. The van der Waals surface area contributed by atoms with Crippen molar-refractivity contribution in [1.82, 2.24) is 4.57 Å². The second kappa shape index (κ2) is 8.01. The summed E-state index contributed by atoms with van der Waals surface area (Å²) in [6.07, 6.45) is -1.35. The number of benzene rings is 2. The molecule has 0 atom stereocenters. The first-order valence-corrected chi connectivity index (χ1v) is 12.4. The van der Waals surface area contributed by atoms with Crippen molar-refractivity contribution in [2.24, 2.45) is 9.81 Å². The third kappa shape index (κ3) is 5.00. The molecule has 3 aromatic rings. The average molecular weight is 477 g/mol. The molecule has 0 unspecified atom stereocenters. The first kappa shape index (κ1) is 23.5. The molecule has 0 aliphatic heterocycles. The zero-order valence-corrected chi connectivity index (χ0v) is 19.9. The van der Waals surface area contributed by atoms with E-state index in [1.807, 2.05) is 10.8 Å². The minimum atomic E-state index is -4.47. The van der Waals surface area contributed by atoms with Gasteiger partial charge in [-0.25, -0.2) is 8.42 Å². The Kier molecular flexibility index (Phi) is 5.71. The van der Waals surface area contributed by atoms with Crippen LogP contribution >= 0.6 is 0 Å². The molecule has 4 rings (SSSR count). The van der Waals surface area contributed by atoms with E-state index in [4.69, 9.17) is 0 Å². The van der Waals surface area contributed by atoms with Gasteiger partial charge in [-0.15, -0.1) is 0 Å². The number of alkyl halides is 3. The van der Waals surface area contributed by atoms with Gasteiger partial charge in [0.2, 0.25) is 0 Å². The lowest BCUT2D eigenvalue weighted by atomic mass is 9.96. The Morgan fingerprint density at radius 1 is 1.09 bits per heavy atom. The molecular formula is C25H27F3N2O2S. The topological polar surface area (TPSA) is 51.4 Å². The smallest absolute Gasteiger partial charge is 0.346 e. The van der Waals surface area contributed by atoms with Gasteiger partial charge in [-0.3, -0.25) is 0 Å². The maximum Gasteiger partial charge on any atom is 0.417 e. The van der Waals surface area contributed by atoms with Crippen LogP contribution in [0, 0.1) is 5.41 Å².